The predicted octanol–water partition coefficient (Wildman–Crippen LogP) is 1.72. The van der Waals surface area contributed by atoms with Gasteiger partial charge in [-0.05, 0) is 25.5 Å². The quantitative estimate of drug-likeness (QED) is 0.423. The maximum atomic E-state index is 12.4. The minimum absolute atomic E-state index is 0. The molecule has 2 heterocycles. The molecule has 0 aliphatic carbocycles. The average molecular weight is 498 g/mol. The molecule has 2 rings (SSSR count). The van der Waals surface area contributed by atoms with Crippen LogP contribution in [0.15, 0.2) is 11.8 Å². The second-order valence-electron chi connectivity index (χ2n) is 7.10. The zero-order chi connectivity index (χ0) is 19.9. The molecule has 6 atom stereocenters. The number of urea groups is 1. The van der Waals surface area contributed by atoms with Crippen LogP contribution in [-0.2, 0) is 51.1 Å². The van der Waals surface area contributed by atoms with Gasteiger partial charge in [-0.25, -0.2) is 11.2 Å². The Labute approximate surface area is 185 Å². The third-order valence-electron chi connectivity index (χ3n) is 4.47. The number of rotatable bonds is 6. The van der Waals surface area contributed by atoms with E-state index in [-0.39, 0.29) is 51.4 Å². The molecule has 1 saturated heterocycles. The number of amides is 2. The number of nitrogens with zero attached hydrogens (tertiary/aromatic N) is 2. The fraction of sp³-hybridized carbons (Fsp3) is 0.733. The van der Waals surface area contributed by atoms with Gasteiger partial charge in [-0.15, -0.1) is 0 Å². The molecule has 0 bridgehead atoms. The Kier molecular flexibility index (Phi) is 8.94. The van der Waals surface area contributed by atoms with Crippen LogP contribution in [0.5, 0.6) is 0 Å². The minimum atomic E-state index is -3.49. The molecule has 1 radical (unpaired) electrons. The van der Waals surface area contributed by atoms with Gasteiger partial charge < -0.3 is 29.1 Å². The van der Waals surface area contributed by atoms with Crippen molar-refractivity contribution >= 4 is 20.8 Å². The van der Waals surface area contributed by atoms with Crippen LogP contribution in [0.1, 0.15) is 13.8 Å². The van der Waals surface area contributed by atoms with E-state index in [1.165, 1.54) is 18.0 Å². The predicted molar refractivity (Wildman–Crippen MR) is 97.3 cm³/mol. The summed E-state index contributed by atoms with van der Waals surface area (Å²) in [4.78, 5) is 24.8. The first-order chi connectivity index (χ1) is 11.8. The molecule has 0 aromatic carbocycles. The zero-order valence-electron chi connectivity index (χ0n) is 16.2. The summed E-state index contributed by atoms with van der Waals surface area (Å²) < 4.78 is 34.7. The second-order valence-corrected chi connectivity index (χ2v) is 12.6. The minimum Gasteiger partial charge on any atom is -0.422 e. The van der Waals surface area contributed by atoms with Gasteiger partial charge in [0.1, 0.15) is 5.90 Å². The van der Waals surface area contributed by atoms with E-state index in [0.29, 0.717) is 0 Å². The summed E-state index contributed by atoms with van der Waals surface area (Å²) >= 11 is 0. The summed E-state index contributed by atoms with van der Waals surface area (Å²) in [6.45, 7) is 6.00. The molecule has 12 heteroatoms. The Morgan fingerprint density at radius 3 is 2.52 bits per heavy atom. The molecule has 1 fully saturated rings. The van der Waals surface area contributed by atoms with Crippen LogP contribution in [0, 0.1) is 6.42 Å². The SMILES string of the molecule is CC1=CN([C@H]2[CH-]C(O)[C@@H](COP(C)(=O)CP(C)(=O)O)O2)C(=O)N(C)C1C.[Y]. The molecular weight excluding hydrogens is 471 g/mol. The molecule has 153 valence electrons. The first-order valence-corrected chi connectivity index (χ1v) is 12.8. The number of aliphatic hydroxyl groups is 1. The van der Waals surface area contributed by atoms with Crippen LogP contribution in [-0.4, -0.2) is 83.2 Å². The van der Waals surface area contributed by atoms with Gasteiger partial charge in [0.25, 0.3) is 0 Å². The van der Waals surface area contributed by atoms with Crippen molar-refractivity contribution in [3.8, 4) is 0 Å². The van der Waals surface area contributed by atoms with Gasteiger partial charge >= 0.3 is 6.03 Å². The molecule has 2 N–H and O–H groups in total. The molecule has 0 spiro atoms. The third-order valence-corrected chi connectivity index (χ3v) is 9.32. The summed E-state index contributed by atoms with van der Waals surface area (Å²) in [6, 6.07) is -0.287. The summed E-state index contributed by atoms with van der Waals surface area (Å²) in [5.74, 6) is -0.439. The molecule has 2 aliphatic rings. The Morgan fingerprint density at radius 2 is 1.96 bits per heavy atom. The summed E-state index contributed by atoms with van der Waals surface area (Å²) in [5.41, 5.74) is 0.970. The van der Waals surface area contributed by atoms with Gasteiger partial charge in [0.15, 0.2) is 0 Å². The standard InChI is InChI=1S/C15H27N2O7P2.Y/c1-10-7-17(15(19)16(3)11(10)2)14-6-12(18)13(24-14)8-23-26(5,22)9-25(4,20)21;/h6-7,11-14,18H,8-9H2,1-5H3,(H,20,21);/q-1;/t11?,12?,13-,14-,26?;/m1./s1. The van der Waals surface area contributed by atoms with E-state index in [1.54, 1.807) is 18.1 Å². The Morgan fingerprint density at radius 1 is 1.37 bits per heavy atom. The Balaban J connectivity index is 0.00000364. The smallest absolute Gasteiger partial charge is 0.324 e. The van der Waals surface area contributed by atoms with Crippen molar-refractivity contribution in [1.29, 1.82) is 0 Å². The molecule has 9 nitrogen and oxygen atoms in total. The summed E-state index contributed by atoms with van der Waals surface area (Å²) in [7, 11) is -5.11. The van der Waals surface area contributed by atoms with Gasteiger partial charge in [-0.3, -0.25) is 9.13 Å². The Hall–Kier alpha value is 0.414. The molecule has 0 aromatic heterocycles. The topological polar surface area (TPSA) is 117 Å². The number of hydrogen-bond donors (Lipinski definition) is 2. The molecule has 0 aromatic rings. The van der Waals surface area contributed by atoms with Crippen molar-refractivity contribution < 1.29 is 65.9 Å². The van der Waals surface area contributed by atoms with Crippen LogP contribution in [0.4, 0.5) is 4.79 Å². The number of carbonyl (C=O) groups is 1. The normalized spacial score (nSPS) is 33.1. The molecular formula is C15H27N2O7P2Y-. The van der Waals surface area contributed by atoms with Crippen LogP contribution in [0.3, 0.4) is 0 Å². The van der Waals surface area contributed by atoms with Gasteiger partial charge in [-0.2, -0.15) is 0 Å². The summed E-state index contributed by atoms with van der Waals surface area (Å²) in [5, 5.41) is 10.2. The largest absolute Gasteiger partial charge is 0.422 e. The van der Waals surface area contributed by atoms with Crippen molar-refractivity contribution in [3.05, 3.63) is 18.2 Å². The number of ether oxygens (including phenoxy) is 1. The third kappa shape index (κ3) is 6.72. The van der Waals surface area contributed by atoms with Crippen molar-refractivity contribution in [2.24, 2.45) is 0 Å². The van der Waals surface area contributed by atoms with Crippen molar-refractivity contribution in [1.82, 2.24) is 9.80 Å². The maximum Gasteiger partial charge on any atom is 0.324 e. The van der Waals surface area contributed by atoms with Crippen LogP contribution in [0.25, 0.3) is 0 Å². The number of carbonyl (C=O) groups excluding carboxylic acids is 1. The molecule has 2 amide bonds. The van der Waals surface area contributed by atoms with E-state index in [2.05, 4.69) is 0 Å². The van der Waals surface area contributed by atoms with E-state index in [1.807, 2.05) is 13.8 Å². The van der Waals surface area contributed by atoms with Crippen LogP contribution in [0.2, 0.25) is 0 Å². The van der Waals surface area contributed by atoms with Crippen LogP contribution >= 0.6 is 14.7 Å². The number of likely N-dealkylation sites (N-methyl/N-ethyl adjacent to an activating group) is 1. The molecule has 27 heavy (non-hydrogen) atoms. The maximum absolute atomic E-state index is 12.4. The second kappa shape index (κ2) is 9.48. The molecule has 2 aliphatic heterocycles. The molecule has 0 saturated carbocycles. The van der Waals surface area contributed by atoms with E-state index in [0.717, 1.165) is 12.2 Å². The monoisotopic (exact) mass is 498 g/mol. The van der Waals surface area contributed by atoms with Crippen LogP contribution < -0.4 is 0 Å². The van der Waals surface area contributed by atoms with Gasteiger partial charge in [0, 0.05) is 65.5 Å². The first-order valence-electron chi connectivity index (χ1n) is 8.23. The number of aliphatic hydroxyl groups excluding tert-OH is 1. The van der Waals surface area contributed by atoms with E-state index < -0.39 is 39.1 Å². The van der Waals surface area contributed by atoms with Gasteiger partial charge in [0.2, 0.25) is 14.7 Å². The average Bonchev–Trinajstić information content (AvgIpc) is 2.85. The van der Waals surface area contributed by atoms with E-state index in [4.69, 9.17) is 9.26 Å². The van der Waals surface area contributed by atoms with Gasteiger partial charge in [-0.1, -0.05) is 0 Å². The van der Waals surface area contributed by atoms with E-state index in [9.17, 15) is 23.9 Å². The zero-order valence-corrected chi connectivity index (χ0v) is 20.8. The molecule has 4 unspecified atom stereocenters. The van der Waals surface area contributed by atoms with Gasteiger partial charge in [0.05, 0.1) is 18.8 Å². The van der Waals surface area contributed by atoms with Crippen molar-refractivity contribution in [2.75, 3.05) is 32.9 Å². The first kappa shape index (κ1) is 25.5. The van der Waals surface area contributed by atoms with Crippen molar-refractivity contribution in [2.45, 2.75) is 38.3 Å². The fourth-order valence-electron chi connectivity index (χ4n) is 2.86. The van der Waals surface area contributed by atoms with E-state index >= 15 is 0 Å². The number of hydrogen-bond acceptors (Lipinski definition) is 6. The Bertz CT molecular complexity index is 683. The summed E-state index contributed by atoms with van der Waals surface area (Å²) in [6.07, 6.45) is 0.538. The van der Waals surface area contributed by atoms with Crippen molar-refractivity contribution in [3.63, 3.8) is 0 Å². The fourth-order valence-corrected chi connectivity index (χ4v) is 7.46.